The average molecular weight is 597 g/mol. The van der Waals surface area contributed by atoms with Gasteiger partial charge in [-0.05, 0) is 56.7 Å². The lowest BCUT2D eigenvalue weighted by molar-refractivity contribution is -0.145. The van der Waals surface area contributed by atoms with Gasteiger partial charge in [0.25, 0.3) is 11.8 Å². The van der Waals surface area contributed by atoms with E-state index in [1.807, 2.05) is 0 Å². The normalized spacial score (nSPS) is 14.7. The van der Waals surface area contributed by atoms with Gasteiger partial charge in [-0.3, -0.25) is 19.1 Å². The fourth-order valence-corrected chi connectivity index (χ4v) is 4.69. The first kappa shape index (κ1) is 29.6. The molecule has 1 aromatic heterocycles. The largest absolute Gasteiger partial charge is 0.534 e. The van der Waals surface area contributed by atoms with E-state index in [1.165, 1.54) is 30.5 Å². The van der Waals surface area contributed by atoms with Crippen LogP contribution in [0.3, 0.4) is 0 Å². The summed E-state index contributed by atoms with van der Waals surface area (Å²) >= 11 is 0. The van der Waals surface area contributed by atoms with Crippen molar-refractivity contribution in [3.05, 3.63) is 65.4 Å². The van der Waals surface area contributed by atoms with Crippen molar-refractivity contribution in [1.82, 2.24) is 9.47 Å². The third-order valence-electron chi connectivity index (χ3n) is 5.96. The Morgan fingerprint density at radius 3 is 2.07 bits per heavy atom. The molecule has 2 amide bonds. The number of amides is 2. The van der Waals surface area contributed by atoms with Gasteiger partial charge < -0.3 is 13.7 Å². The van der Waals surface area contributed by atoms with Crippen LogP contribution in [-0.4, -0.2) is 66.0 Å². The van der Waals surface area contributed by atoms with E-state index < -0.39 is 63.3 Å². The van der Waals surface area contributed by atoms with Gasteiger partial charge in [-0.15, -0.1) is 0 Å². The summed E-state index contributed by atoms with van der Waals surface area (Å²) in [5, 5.41) is -0.0174. The lowest BCUT2D eigenvalue weighted by atomic mass is 10.0. The van der Waals surface area contributed by atoms with Crippen LogP contribution in [0.5, 0.6) is 5.75 Å². The monoisotopic (exact) mass is 596 g/mol. The second kappa shape index (κ2) is 10.2. The highest BCUT2D eigenvalue weighted by atomic mass is 32.2. The summed E-state index contributed by atoms with van der Waals surface area (Å²) in [6.45, 7) is 4.79. The standard InChI is InChI=1S/C26H23F3N2O9S/c1-25(2,3)39-24(35)30-13-14(18-12-15(9-10-19(18)30)40-41(36,37)26(27,28)29)11-20(23(34)38-4)31-21(32)16-7-5-6-8-17(16)22(31)33/h5-10,12-13,20H,11H2,1-4H3/t20-/m0/s1. The molecule has 0 aliphatic carbocycles. The van der Waals surface area contributed by atoms with E-state index in [4.69, 9.17) is 9.47 Å². The molecule has 11 nitrogen and oxygen atoms in total. The van der Waals surface area contributed by atoms with Crippen molar-refractivity contribution in [2.75, 3.05) is 7.11 Å². The first-order valence-electron chi connectivity index (χ1n) is 11.9. The van der Waals surface area contributed by atoms with E-state index in [0.29, 0.717) is 4.90 Å². The van der Waals surface area contributed by atoms with Crippen LogP contribution in [0.15, 0.2) is 48.7 Å². The number of methoxy groups -OCH3 is 1. The van der Waals surface area contributed by atoms with Crippen LogP contribution in [-0.2, 0) is 30.8 Å². The first-order chi connectivity index (χ1) is 18.9. The number of esters is 1. The quantitative estimate of drug-likeness (QED) is 0.179. The molecule has 0 N–H and O–H groups in total. The van der Waals surface area contributed by atoms with E-state index in [-0.39, 0.29) is 27.6 Å². The summed E-state index contributed by atoms with van der Waals surface area (Å²) in [5.74, 6) is -3.30. The molecule has 1 aliphatic heterocycles. The number of benzene rings is 2. The highest BCUT2D eigenvalue weighted by Crippen LogP contribution is 2.33. The molecule has 0 saturated carbocycles. The molecule has 41 heavy (non-hydrogen) atoms. The summed E-state index contributed by atoms with van der Waals surface area (Å²) in [6.07, 6.45) is -0.157. The summed E-state index contributed by atoms with van der Waals surface area (Å²) in [6, 6.07) is 7.26. The molecule has 2 heterocycles. The predicted molar refractivity (Wildman–Crippen MR) is 136 cm³/mol. The van der Waals surface area contributed by atoms with Gasteiger partial charge in [-0.25, -0.2) is 9.59 Å². The van der Waals surface area contributed by atoms with Gasteiger partial charge in [0.2, 0.25) is 0 Å². The molecule has 2 aromatic carbocycles. The molecular weight excluding hydrogens is 573 g/mol. The maximum absolute atomic E-state index is 13.1. The van der Waals surface area contributed by atoms with Crippen molar-refractivity contribution in [3.63, 3.8) is 0 Å². The Morgan fingerprint density at radius 1 is 0.976 bits per heavy atom. The molecular formula is C26H23F3N2O9S. The Balaban J connectivity index is 1.84. The second-order valence-electron chi connectivity index (χ2n) is 9.94. The molecule has 4 rings (SSSR count). The van der Waals surface area contributed by atoms with Crippen molar-refractivity contribution >= 4 is 44.9 Å². The van der Waals surface area contributed by atoms with Gasteiger partial charge in [0.05, 0.1) is 23.8 Å². The molecule has 1 aliphatic rings. The highest BCUT2D eigenvalue weighted by Gasteiger charge is 2.49. The van der Waals surface area contributed by atoms with E-state index in [0.717, 1.165) is 29.9 Å². The Kier molecular flexibility index (Phi) is 7.37. The van der Waals surface area contributed by atoms with Crippen LogP contribution in [0.2, 0.25) is 0 Å². The number of carbonyl (C=O) groups is 4. The molecule has 3 aromatic rings. The minimum Gasteiger partial charge on any atom is -0.467 e. The number of carbonyl (C=O) groups excluding carboxylic acids is 4. The first-order valence-corrected chi connectivity index (χ1v) is 13.3. The Morgan fingerprint density at radius 2 is 1.56 bits per heavy atom. The van der Waals surface area contributed by atoms with Crippen LogP contribution in [0.4, 0.5) is 18.0 Å². The minimum absolute atomic E-state index is 0.0174. The van der Waals surface area contributed by atoms with Gasteiger partial charge in [-0.2, -0.15) is 21.6 Å². The molecule has 0 spiro atoms. The zero-order valence-corrected chi connectivity index (χ0v) is 22.8. The number of ether oxygens (including phenoxy) is 2. The lowest BCUT2D eigenvalue weighted by Crippen LogP contribution is -2.46. The van der Waals surface area contributed by atoms with Gasteiger partial charge in [-0.1, -0.05) is 12.1 Å². The molecule has 0 fully saturated rings. The van der Waals surface area contributed by atoms with Gasteiger partial charge in [0.1, 0.15) is 17.4 Å². The van der Waals surface area contributed by atoms with Crippen LogP contribution in [0.1, 0.15) is 47.1 Å². The fourth-order valence-electron chi connectivity index (χ4n) is 4.24. The van der Waals surface area contributed by atoms with Crippen molar-refractivity contribution in [1.29, 1.82) is 0 Å². The van der Waals surface area contributed by atoms with Crippen LogP contribution < -0.4 is 4.18 Å². The molecule has 218 valence electrons. The number of aromatic nitrogens is 1. The maximum Gasteiger partial charge on any atom is 0.534 e. The van der Waals surface area contributed by atoms with E-state index in [2.05, 4.69) is 4.18 Å². The fraction of sp³-hybridized carbons (Fsp3) is 0.308. The molecule has 15 heteroatoms. The Labute approximate surface area is 231 Å². The SMILES string of the molecule is COC(=O)[C@H](Cc1cn(C(=O)OC(C)(C)C)c2ccc(OS(=O)(=O)C(F)(F)F)cc12)N1C(=O)c2ccccc2C1=O. The Hall–Kier alpha value is -4.40. The number of alkyl halides is 3. The van der Waals surface area contributed by atoms with Crippen molar-refractivity contribution in [3.8, 4) is 5.75 Å². The molecule has 0 bridgehead atoms. The zero-order chi connectivity index (χ0) is 30.5. The zero-order valence-electron chi connectivity index (χ0n) is 22.0. The minimum atomic E-state index is -6.03. The molecule has 1 atom stereocenters. The number of fused-ring (bicyclic) bond motifs is 2. The van der Waals surface area contributed by atoms with Crippen LogP contribution in [0, 0.1) is 0 Å². The predicted octanol–water partition coefficient (Wildman–Crippen LogP) is 4.03. The number of rotatable bonds is 6. The topological polar surface area (TPSA) is 138 Å². The number of imide groups is 1. The second-order valence-corrected chi connectivity index (χ2v) is 11.5. The van der Waals surface area contributed by atoms with Crippen molar-refractivity contribution in [2.45, 2.75) is 44.3 Å². The van der Waals surface area contributed by atoms with Crippen LogP contribution >= 0.6 is 0 Å². The van der Waals surface area contributed by atoms with E-state index in [1.54, 1.807) is 20.8 Å². The lowest BCUT2D eigenvalue weighted by Gasteiger charge is -2.23. The third-order valence-corrected chi connectivity index (χ3v) is 6.94. The third kappa shape index (κ3) is 5.62. The summed E-state index contributed by atoms with van der Waals surface area (Å²) in [7, 11) is -5.00. The summed E-state index contributed by atoms with van der Waals surface area (Å²) in [4.78, 5) is 52.8. The van der Waals surface area contributed by atoms with Gasteiger partial charge >= 0.3 is 27.7 Å². The molecule has 0 unspecified atom stereocenters. The Bertz CT molecular complexity index is 1650. The van der Waals surface area contributed by atoms with Crippen molar-refractivity contribution < 1.29 is 54.4 Å². The van der Waals surface area contributed by atoms with Crippen LogP contribution in [0.25, 0.3) is 10.9 Å². The summed E-state index contributed by atoms with van der Waals surface area (Å²) < 4.78 is 77.5. The highest BCUT2D eigenvalue weighted by molar-refractivity contribution is 7.88. The number of halogens is 3. The van der Waals surface area contributed by atoms with Gasteiger partial charge in [0.15, 0.2) is 0 Å². The maximum atomic E-state index is 13.1. The summed E-state index contributed by atoms with van der Waals surface area (Å²) in [5.41, 5.74) is -6.45. The van der Waals surface area contributed by atoms with Crippen molar-refractivity contribution in [2.24, 2.45) is 0 Å². The van der Waals surface area contributed by atoms with E-state index in [9.17, 15) is 40.8 Å². The number of hydrogen-bond donors (Lipinski definition) is 0. The average Bonchev–Trinajstić information content (AvgIpc) is 3.35. The number of hydrogen-bond acceptors (Lipinski definition) is 9. The molecule has 0 radical (unpaired) electrons. The number of nitrogens with zero attached hydrogens (tertiary/aromatic N) is 2. The van der Waals surface area contributed by atoms with E-state index >= 15 is 0 Å². The molecule has 0 saturated heterocycles. The van der Waals surface area contributed by atoms with Gasteiger partial charge in [0, 0.05) is 18.0 Å². The smallest absolute Gasteiger partial charge is 0.467 e.